The van der Waals surface area contributed by atoms with E-state index >= 15 is 0 Å². The van der Waals surface area contributed by atoms with E-state index < -0.39 is 0 Å². The van der Waals surface area contributed by atoms with Gasteiger partial charge < -0.3 is 9.47 Å². The molecular formula is C18H28N6O. The molecule has 0 aromatic carbocycles. The third-order valence-corrected chi connectivity index (χ3v) is 4.85. The first-order chi connectivity index (χ1) is 12.2. The summed E-state index contributed by atoms with van der Waals surface area (Å²) in [7, 11) is 0. The summed E-state index contributed by atoms with van der Waals surface area (Å²) >= 11 is 0. The Kier molecular flexibility index (Phi) is 5.86. The van der Waals surface area contributed by atoms with Crippen LogP contribution < -0.4 is 0 Å². The van der Waals surface area contributed by atoms with Crippen molar-refractivity contribution in [1.82, 2.24) is 29.1 Å². The summed E-state index contributed by atoms with van der Waals surface area (Å²) in [5, 5.41) is 4.20. The predicted octanol–water partition coefficient (Wildman–Crippen LogP) is 1.47. The standard InChI is InChI=1S/C18H28N6O/c1-3-22-11-7-19-17(22)15-21-8-5-9-23(13-12-21)18(25)16(2)14-24-10-4-6-20-24/h4,6-7,10-11,16H,3,5,8-9,12-15H2,1-2H3/t16-/m0/s1. The molecule has 0 N–H and O–H groups in total. The average Bonchev–Trinajstić information content (AvgIpc) is 3.22. The van der Waals surface area contributed by atoms with E-state index in [1.165, 1.54) is 0 Å². The van der Waals surface area contributed by atoms with Crippen molar-refractivity contribution in [2.24, 2.45) is 5.92 Å². The van der Waals surface area contributed by atoms with E-state index in [9.17, 15) is 4.79 Å². The van der Waals surface area contributed by atoms with Gasteiger partial charge >= 0.3 is 0 Å². The molecule has 136 valence electrons. The van der Waals surface area contributed by atoms with Crippen molar-refractivity contribution >= 4 is 5.91 Å². The number of hydrogen-bond donors (Lipinski definition) is 0. The SMILES string of the molecule is CCn1ccnc1CN1CCCN(C(=O)[C@@H](C)Cn2cccn2)CC1. The first-order valence-electron chi connectivity index (χ1n) is 9.16. The lowest BCUT2D eigenvalue weighted by Gasteiger charge is -2.24. The summed E-state index contributed by atoms with van der Waals surface area (Å²) < 4.78 is 4.01. The van der Waals surface area contributed by atoms with Gasteiger partial charge in [-0.2, -0.15) is 5.10 Å². The van der Waals surface area contributed by atoms with Crippen LogP contribution in [0.2, 0.25) is 0 Å². The maximum Gasteiger partial charge on any atom is 0.227 e. The number of hydrogen-bond acceptors (Lipinski definition) is 4. The van der Waals surface area contributed by atoms with Gasteiger partial charge in [-0.25, -0.2) is 4.98 Å². The van der Waals surface area contributed by atoms with Gasteiger partial charge in [0, 0.05) is 57.5 Å². The molecule has 3 heterocycles. The van der Waals surface area contributed by atoms with Crippen molar-refractivity contribution in [2.75, 3.05) is 26.2 Å². The minimum absolute atomic E-state index is 0.0505. The number of nitrogens with zero attached hydrogens (tertiary/aromatic N) is 6. The second-order valence-corrected chi connectivity index (χ2v) is 6.71. The molecule has 7 nitrogen and oxygen atoms in total. The fourth-order valence-electron chi connectivity index (χ4n) is 3.41. The average molecular weight is 344 g/mol. The van der Waals surface area contributed by atoms with E-state index in [0.29, 0.717) is 6.54 Å². The van der Waals surface area contributed by atoms with Gasteiger partial charge in [0.2, 0.25) is 5.91 Å². The summed E-state index contributed by atoms with van der Waals surface area (Å²) in [4.78, 5) is 21.6. The van der Waals surface area contributed by atoms with Gasteiger partial charge in [-0.3, -0.25) is 14.4 Å². The summed E-state index contributed by atoms with van der Waals surface area (Å²) in [6.45, 7) is 10.1. The van der Waals surface area contributed by atoms with Gasteiger partial charge in [0.05, 0.1) is 19.0 Å². The van der Waals surface area contributed by atoms with Crippen LogP contribution in [0.1, 0.15) is 26.1 Å². The topological polar surface area (TPSA) is 59.2 Å². The highest BCUT2D eigenvalue weighted by Crippen LogP contribution is 2.12. The van der Waals surface area contributed by atoms with Gasteiger partial charge in [0.15, 0.2) is 0 Å². The second-order valence-electron chi connectivity index (χ2n) is 6.71. The first-order valence-corrected chi connectivity index (χ1v) is 9.16. The van der Waals surface area contributed by atoms with E-state index in [2.05, 4.69) is 26.5 Å². The number of rotatable bonds is 6. The molecule has 1 amide bonds. The number of imidazole rings is 1. The second kappa shape index (κ2) is 8.29. The molecule has 1 aliphatic heterocycles. The van der Waals surface area contributed by atoms with Crippen LogP contribution in [0.25, 0.3) is 0 Å². The van der Waals surface area contributed by atoms with Gasteiger partial charge in [0.1, 0.15) is 5.82 Å². The van der Waals surface area contributed by atoms with Gasteiger partial charge in [0.25, 0.3) is 0 Å². The highest BCUT2D eigenvalue weighted by atomic mass is 16.2. The van der Waals surface area contributed by atoms with Crippen LogP contribution in [0.4, 0.5) is 0 Å². The molecule has 0 saturated carbocycles. The third kappa shape index (κ3) is 4.48. The zero-order valence-corrected chi connectivity index (χ0v) is 15.2. The van der Waals surface area contributed by atoms with Crippen molar-refractivity contribution in [2.45, 2.75) is 39.9 Å². The van der Waals surface area contributed by atoms with E-state index in [-0.39, 0.29) is 11.8 Å². The van der Waals surface area contributed by atoms with Crippen LogP contribution >= 0.6 is 0 Å². The lowest BCUT2D eigenvalue weighted by atomic mass is 10.1. The molecule has 1 saturated heterocycles. The van der Waals surface area contributed by atoms with E-state index in [1.54, 1.807) is 6.20 Å². The van der Waals surface area contributed by atoms with Crippen LogP contribution in [0.15, 0.2) is 30.9 Å². The van der Waals surface area contributed by atoms with Crippen LogP contribution in [-0.4, -0.2) is 61.2 Å². The van der Waals surface area contributed by atoms with Crippen LogP contribution in [0.5, 0.6) is 0 Å². The van der Waals surface area contributed by atoms with Crippen molar-refractivity contribution in [3.63, 3.8) is 0 Å². The zero-order valence-electron chi connectivity index (χ0n) is 15.2. The predicted molar refractivity (Wildman–Crippen MR) is 95.8 cm³/mol. The molecule has 0 spiro atoms. The molecule has 0 radical (unpaired) electrons. The van der Waals surface area contributed by atoms with Gasteiger partial charge in [-0.1, -0.05) is 6.92 Å². The minimum Gasteiger partial charge on any atom is -0.341 e. The van der Waals surface area contributed by atoms with E-state index in [1.807, 2.05) is 41.2 Å². The van der Waals surface area contributed by atoms with Crippen LogP contribution in [0, 0.1) is 5.92 Å². The quantitative estimate of drug-likeness (QED) is 0.796. The lowest BCUT2D eigenvalue weighted by molar-refractivity contribution is -0.135. The van der Waals surface area contributed by atoms with E-state index in [0.717, 1.165) is 51.5 Å². The molecule has 0 bridgehead atoms. The number of carbonyl (C=O) groups excluding carboxylic acids is 1. The number of carbonyl (C=O) groups is 1. The van der Waals surface area contributed by atoms with E-state index in [4.69, 9.17) is 0 Å². The molecular weight excluding hydrogens is 316 g/mol. The zero-order chi connectivity index (χ0) is 17.6. The Morgan fingerprint density at radius 1 is 1.20 bits per heavy atom. The Morgan fingerprint density at radius 3 is 2.84 bits per heavy atom. The van der Waals surface area contributed by atoms with Gasteiger partial charge in [-0.05, 0) is 19.4 Å². The number of aryl methyl sites for hydroxylation is 1. The molecule has 1 aliphatic rings. The Hall–Kier alpha value is -2.15. The largest absolute Gasteiger partial charge is 0.341 e. The first kappa shape index (κ1) is 17.7. The maximum absolute atomic E-state index is 12.8. The monoisotopic (exact) mass is 344 g/mol. The van der Waals surface area contributed by atoms with Crippen molar-refractivity contribution < 1.29 is 4.79 Å². The summed E-state index contributed by atoms with van der Waals surface area (Å²) in [5.41, 5.74) is 0. The lowest BCUT2D eigenvalue weighted by Crippen LogP contribution is -2.39. The molecule has 2 aromatic heterocycles. The molecule has 3 rings (SSSR count). The number of amides is 1. The van der Waals surface area contributed by atoms with Gasteiger partial charge in [-0.15, -0.1) is 0 Å². The molecule has 1 atom stereocenters. The molecule has 2 aromatic rings. The summed E-state index contributed by atoms with van der Waals surface area (Å²) in [6.07, 6.45) is 8.56. The Bertz CT molecular complexity index is 665. The Balaban J connectivity index is 1.53. The summed E-state index contributed by atoms with van der Waals surface area (Å²) in [6, 6.07) is 1.89. The molecule has 0 aliphatic carbocycles. The Labute approximate surface area is 149 Å². The third-order valence-electron chi connectivity index (χ3n) is 4.85. The molecule has 1 fully saturated rings. The maximum atomic E-state index is 12.8. The van der Waals surface area contributed by atoms with Crippen molar-refractivity contribution in [3.8, 4) is 0 Å². The summed E-state index contributed by atoms with van der Waals surface area (Å²) in [5.74, 6) is 1.28. The van der Waals surface area contributed by atoms with Crippen LogP contribution in [0.3, 0.4) is 0 Å². The smallest absolute Gasteiger partial charge is 0.227 e. The minimum atomic E-state index is -0.0505. The fraction of sp³-hybridized carbons (Fsp3) is 0.611. The Morgan fingerprint density at radius 2 is 2.08 bits per heavy atom. The van der Waals surface area contributed by atoms with Crippen molar-refractivity contribution in [3.05, 3.63) is 36.7 Å². The highest BCUT2D eigenvalue weighted by Gasteiger charge is 2.24. The van der Waals surface area contributed by atoms with Crippen LogP contribution in [-0.2, 0) is 24.4 Å². The van der Waals surface area contributed by atoms with Crippen molar-refractivity contribution in [1.29, 1.82) is 0 Å². The normalized spacial score (nSPS) is 17.4. The number of aromatic nitrogens is 4. The highest BCUT2D eigenvalue weighted by molar-refractivity contribution is 5.78. The molecule has 7 heteroatoms. The molecule has 25 heavy (non-hydrogen) atoms. The fourth-order valence-corrected chi connectivity index (χ4v) is 3.41. The molecule has 0 unspecified atom stereocenters.